The maximum Gasteiger partial charge on any atom is 0.115 e. The van der Waals surface area contributed by atoms with E-state index in [2.05, 4.69) is 12.2 Å². The Morgan fingerprint density at radius 2 is 2.40 bits per heavy atom. The van der Waals surface area contributed by atoms with E-state index in [0.29, 0.717) is 6.61 Å². The maximum absolute atomic E-state index is 8.60. The average Bonchev–Trinajstić information content (AvgIpc) is 2.67. The van der Waals surface area contributed by atoms with Gasteiger partial charge in [-0.1, -0.05) is 24.5 Å². The molecule has 0 amide bonds. The second kappa shape index (κ2) is 9.81. The highest BCUT2D eigenvalue weighted by atomic mass is 16.5. The Balaban J connectivity index is 0.000000280. The zero-order valence-electron chi connectivity index (χ0n) is 9.57. The van der Waals surface area contributed by atoms with E-state index in [1.54, 1.807) is 6.20 Å². The van der Waals surface area contributed by atoms with Crippen LogP contribution in [-0.4, -0.2) is 39.3 Å². The van der Waals surface area contributed by atoms with E-state index in [9.17, 15) is 0 Å². The van der Waals surface area contributed by atoms with E-state index in [-0.39, 0.29) is 6.10 Å². The van der Waals surface area contributed by atoms with Gasteiger partial charge >= 0.3 is 0 Å². The summed E-state index contributed by atoms with van der Waals surface area (Å²) in [6.07, 6.45) is 7.33. The number of aliphatic hydroxyl groups excluding tert-OH is 1. The first-order valence-electron chi connectivity index (χ1n) is 5.26. The van der Waals surface area contributed by atoms with Gasteiger partial charge in [0.05, 0.1) is 12.7 Å². The third-order valence-electron chi connectivity index (χ3n) is 1.76. The number of rotatable bonds is 3. The summed E-state index contributed by atoms with van der Waals surface area (Å²) < 4.78 is 4.81. The van der Waals surface area contributed by atoms with E-state index in [4.69, 9.17) is 17.7 Å². The Hall–Kier alpha value is -0.735. The predicted octanol–water partition coefficient (Wildman–Crippen LogP) is 0.949. The van der Waals surface area contributed by atoms with Gasteiger partial charge in [0.1, 0.15) is 7.85 Å². The summed E-state index contributed by atoms with van der Waals surface area (Å²) in [5.74, 6) is 0. The molecule has 2 radical (unpaired) electrons. The van der Waals surface area contributed by atoms with Crippen molar-refractivity contribution in [2.75, 3.05) is 20.3 Å². The van der Waals surface area contributed by atoms with E-state index >= 15 is 0 Å². The molecule has 4 heteroatoms. The molecule has 1 aliphatic rings. The van der Waals surface area contributed by atoms with Crippen LogP contribution in [0.15, 0.2) is 23.8 Å². The smallest absolute Gasteiger partial charge is 0.115 e. The molecule has 1 aliphatic heterocycles. The third kappa shape index (κ3) is 9.57. The molecule has 1 atom stereocenters. The zero-order chi connectivity index (χ0) is 11.5. The number of hydrogen-bond donors (Lipinski definition) is 2. The molecule has 15 heavy (non-hydrogen) atoms. The lowest BCUT2D eigenvalue weighted by Gasteiger charge is -1.90. The van der Waals surface area contributed by atoms with Gasteiger partial charge in [-0.3, -0.25) is 0 Å². The second-order valence-electron chi connectivity index (χ2n) is 3.26. The van der Waals surface area contributed by atoms with Crippen LogP contribution in [0, 0.1) is 0 Å². The van der Waals surface area contributed by atoms with Crippen molar-refractivity contribution < 1.29 is 9.84 Å². The average molecular weight is 209 g/mol. The Labute approximate surface area is 93.6 Å². The first-order chi connectivity index (χ1) is 7.20. The molecule has 2 N–H and O–H groups in total. The highest BCUT2D eigenvalue weighted by Gasteiger charge is 2.09. The summed E-state index contributed by atoms with van der Waals surface area (Å²) in [4.78, 5) is 0. The number of nitrogens with one attached hydrogen (secondary N) is 1. The fraction of sp³-hybridized carbons (Fsp3) is 0.636. The highest BCUT2D eigenvalue weighted by molar-refractivity contribution is 6.23. The molecule has 0 saturated carbocycles. The maximum atomic E-state index is 8.60. The molecule has 1 fully saturated rings. The molecule has 1 rings (SSSR count). The van der Waals surface area contributed by atoms with Crippen LogP contribution >= 0.6 is 0 Å². The van der Waals surface area contributed by atoms with Gasteiger partial charge in [-0.25, -0.2) is 0 Å². The summed E-state index contributed by atoms with van der Waals surface area (Å²) in [6.45, 7) is 3.35. The van der Waals surface area contributed by atoms with Gasteiger partial charge in [0.2, 0.25) is 0 Å². The minimum atomic E-state index is -0.176. The molecule has 0 aromatic carbocycles. The lowest BCUT2D eigenvalue weighted by atomic mass is 9.96. The van der Waals surface area contributed by atoms with E-state index in [1.807, 2.05) is 19.2 Å². The van der Waals surface area contributed by atoms with Crippen LogP contribution < -0.4 is 5.32 Å². The molecule has 1 unspecified atom stereocenters. The molecule has 0 aliphatic carbocycles. The molecule has 0 aromatic rings. The Bertz CT molecular complexity index is 199. The first-order valence-corrected chi connectivity index (χ1v) is 5.26. The van der Waals surface area contributed by atoms with Crippen LogP contribution in [0.3, 0.4) is 0 Å². The van der Waals surface area contributed by atoms with Gasteiger partial charge in [0, 0.05) is 13.7 Å². The number of aliphatic hydroxyl groups is 1. The normalized spacial score (nSPS) is 21.3. The van der Waals surface area contributed by atoms with Gasteiger partial charge in [-0.2, -0.15) is 0 Å². The van der Waals surface area contributed by atoms with Crippen molar-refractivity contribution in [3.8, 4) is 0 Å². The lowest BCUT2D eigenvalue weighted by Crippen LogP contribution is -2.02. The van der Waals surface area contributed by atoms with Crippen molar-refractivity contribution in [1.29, 1.82) is 0 Å². The molecule has 3 nitrogen and oxygen atoms in total. The Morgan fingerprint density at radius 3 is 2.73 bits per heavy atom. The number of ether oxygens (including phenoxy) is 1. The summed E-state index contributed by atoms with van der Waals surface area (Å²) >= 11 is 0. The molecule has 84 valence electrons. The van der Waals surface area contributed by atoms with E-state index in [1.165, 1.54) is 0 Å². The summed E-state index contributed by atoms with van der Waals surface area (Å²) in [7, 11) is 7.31. The van der Waals surface area contributed by atoms with Gasteiger partial charge in [-0.15, -0.1) is 0 Å². The van der Waals surface area contributed by atoms with Crippen LogP contribution in [0.25, 0.3) is 0 Å². The fourth-order valence-electron chi connectivity index (χ4n) is 0.991. The van der Waals surface area contributed by atoms with Crippen LogP contribution in [0.2, 0.25) is 0 Å². The molecule has 0 spiro atoms. The van der Waals surface area contributed by atoms with Gasteiger partial charge < -0.3 is 15.2 Å². The van der Waals surface area contributed by atoms with E-state index in [0.717, 1.165) is 24.9 Å². The van der Waals surface area contributed by atoms with Crippen LogP contribution in [-0.2, 0) is 4.74 Å². The summed E-state index contributed by atoms with van der Waals surface area (Å²) in [6, 6.07) is 0. The Morgan fingerprint density at radius 1 is 1.67 bits per heavy atom. The fourth-order valence-corrected chi connectivity index (χ4v) is 0.991. The van der Waals surface area contributed by atoms with Crippen LogP contribution in [0.5, 0.6) is 0 Å². The highest BCUT2D eigenvalue weighted by Crippen LogP contribution is 2.00. The molecule has 0 bridgehead atoms. The van der Waals surface area contributed by atoms with Crippen molar-refractivity contribution in [1.82, 2.24) is 5.32 Å². The second-order valence-corrected chi connectivity index (χ2v) is 3.26. The van der Waals surface area contributed by atoms with Crippen molar-refractivity contribution in [2.45, 2.75) is 25.9 Å². The summed E-state index contributed by atoms with van der Waals surface area (Å²) in [5, 5.41) is 11.4. The molecule has 1 heterocycles. The predicted molar refractivity (Wildman–Crippen MR) is 63.8 cm³/mol. The number of allylic oxidation sites excluding steroid dienone is 3. The molecular formula is C11H20BNO2. The molecule has 1 saturated heterocycles. The minimum Gasteiger partial charge on any atom is -0.394 e. The van der Waals surface area contributed by atoms with Gasteiger partial charge in [0.15, 0.2) is 0 Å². The lowest BCUT2D eigenvalue weighted by molar-refractivity contribution is 0.127. The van der Waals surface area contributed by atoms with E-state index < -0.39 is 0 Å². The van der Waals surface area contributed by atoms with Gasteiger partial charge in [-0.05, 0) is 19.0 Å². The standard InChI is InChI=1S/C7H12BN.C4H8O2/c1-3-4-5-7(8)6-9-2;5-4-1-2-6-3-4/h4-6,9H,3H2,1-2H3;4-5H,1-3H2/b5-4-,7-6+;. The quantitative estimate of drug-likeness (QED) is 0.537. The van der Waals surface area contributed by atoms with Crippen molar-refractivity contribution in [3.63, 3.8) is 0 Å². The summed E-state index contributed by atoms with van der Waals surface area (Å²) in [5.41, 5.74) is 0.763. The topological polar surface area (TPSA) is 41.5 Å². The minimum absolute atomic E-state index is 0.176. The van der Waals surface area contributed by atoms with Crippen molar-refractivity contribution in [2.24, 2.45) is 0 Å². The largest absolute Gasteiger partial charge is 0.394 e. The molecular weight excluding hydrogens is 189 g/mol. The van der Waals surface area contributed by atoms with Gasteiger partial charge in [0.25, 0.3) is 0 Å². The first kappa shape index (κ1) is 14.3. The zero-order valence-corrected chi connectivity index (χ0v) is 9.57. The molecule has 0 aromatic heterocycles. The number of hydrogen-bond acceptors (Lipinski definition) is 3. The third-order valence-corrected chi connectivity index (χ3v) is 1.76. The van der Waals surface area contributed by atoms with Crippen LogP contribution in [0.1, 0.15) is 19.8 Å². The van der Waals surface area contributed by atoms with Crippen LogP contribution in [0.4, 0.5) is 0 Å². The Kier molecular flexibility index (Phi) is 9.33. The van der Waals surface area contributed by atoms with Crippen molar-refractivity contribution in [3.05, 3.63) is 23.8 Å². The van der Waals surface area contributed by atoms with Crippen molar-refractivity contribution >= 4 is 7.85 Å². The monoisotopic (exact) mass is 209 g/mol. The SMILES string of the molecule is OC1CCOC1.[B]C(/C=C\CC)=C/NC.